The molecule has 2 aromatic rings. The summed E-state index contributed by atoms with van der Waals surface area (Å²) in [5.41, 5.74) is 1.22. The molecule has 9 heteroatoms. The number of benzene rings is 1. The van der Waals surface area contributed by atoms with Crippen LogP contribution in [-0.4, -0.2) is 66.9 Å². The molecule has 0 radical (unpaired) electrons. The maximum atomic E-state index is 5.69. The third kappa shape index (κ3) is 5.60. The number of methoxy groups -OCH3 is 3. The second-order valence-electron chi connectivity index (χ2n) is 6.75. The van der Waals surface area contributed by atoms with Crippen LogP contribution in [0, 0.1) is 0 Å². The smallest absolute Gasteiger partial charge is 0.324 e. The largest absolute Gasteiger partial charge is 0.493 e. The molecule has 0 amide bonds. The monoisotopic (exact) mass is 403 g/mol. The summed E-state index contributed by atoms with van der Waals surface area (Å²) in [6, 6.07) is 6.89. The van der Waals surface area contributed by atoms with Gasteiger partial charge in [0.25, 0.3) is 0 Å². The standard InChI is InChI=1S/C20H29N5O4/c1-5-29-17-12-14(6-7-16(17)26-2)13-25-10-8-15(9-11-25)21-18-22-19(27-3)24-20(23-18)28-4/h6-7,12,15H,5,8-11,13H2,1-4H3,(H,21,22,23,24). The molecule has 29 heavy (non-hydrogen) atoms. The van der Waals surface area contributed by atoms with Crippen LogP contribution < -0.4 is 24.3 Å². The Labute approximate surface area is 171 Å². The lowest BCUT2D eigenvalue weighted by Crippen LogP contribution is -2.39. The van der Waals surface area contributed by atoms with Crippen LogP contribution in [-0.2, 0) is 6.54 Å². The van der Waals surface area contributed by atoms with E-state index in [1.165, 1.54) is 19.8 Å². The maximum Gasteiger partial charge on any atom is 0.324 e. The summed E-state index contributed by atoms with van der Waals surface area (Å²) in [7, 11) is 4.70. The molecule has 0 spiro atoms. The van der Waals surface area contributed by atoms with Crippen molar-refractivity contribution in [1.82, 2.24) is 19.9 Å². The third-order valence-electron chi connectivity index (χ3n) is 4.81. The van der Waals surface area contributed by atoms with Crippen LogP contribution >= 0.6 is 0 Å². The van der Waals surface area contributed by atoms with E-state index < -0.39 is 0 Å². The molecule has 1 saturated heterocycles. The summed E-state index contributed by atoms with van der Waals surface area (Å²) in [5, 5.41) is 3.37. The molecule has 158 valence electrons. The van der Waals surface area contributed by atoms with Crippen molar-refractivity contribution in [2.75, 3.05) is 46.3 Å². The number of nitrogens with one attached hydrogen (secondary N) is 1. The molecule has 1 fully saturated rings. The summed E-state index contributed by atoms with van der Waals surface area (Å²) in [4.78, 5) is 15.0. The molecular weight excluding hydrogens is 374 g/mol. The van der Waals surface area contributed by atoms with Gasteiger partial charge in [-0.1, -0.05) is 6.07 Å². The SMILES string of the molecule is CCOc1cc(CN2CCC(Nc3nc(OC)nc(OC)n3)CC2)ccc1OC. The number of rotatable bonds is 9. The minimum atomic E-state index is 0.237. The Morgan fingerprint density at radius 3 is 2.24 bits per heavy atom. The lowest BCUT2D eigenvalue weighted by Gasteiger charge is -2.32. The number of piperidine rings is 1. The fraction of sp³-hybridized carbons (Fsp3) is 0.550. The molecule has 3 rings (SSSR count). The molecule has 0 aliphatic carbocycles. The van der Waals surface area contributed by atoms with Gasteiger partial charge in [0, 0.05) is 25.7 Å². The lowest BCUT2D eigenvalue weighted by molar-refractivity contribution is 0.210. The van der Waals surface area contributed by atoms with Gasteiger partial charge in [0.15, 0.2) is 11.5 Å². The number of ether oxygens (including phenoxy) is 4. The first-order valence-electron chi connectivity index (χ1n) is 9.77. The van der Waals surface area contributed by atoms with E-state index >= 15 is 0 Å². The van der Waals surface area contributed by atoms with E-state index in [1.54, 1.807) is 7.11 Å². The number of likely N-dealkylation sites (tertiary alicyclic amines) is 1. The first-order chi connectivity index (χ1) is 14.1. The van der Waals surface area contributed by atoms with E-state index in [9.17, 15) is 0 Å². The molecule has 0 unspecified atom stereocenters. The first kappa shape index (κ1) is 20.9. The zero-order valence-corrected chi connectivity index (χ0v) is 17.5. The maximum absolute atomic E-state index is 5.69. The zero-order chi connectivity index (χ0) is 20.6. The van der Waals surface area contributed by atoms with E-state index in [2.05, 4.69) is 37.3 Å². The Balaban J connectivity index is 1.55. The Bertz CT molecular complexity index is 774. The van der Waals surface area contributed by atoms with Crippen molar-refractivity contribution >= 4 is 5.95 Å². The van der Waals surface area contributed by atoms with Crippen molar-refractivity contribution in [2.45, 2.75) is 32.4 Å². The third-order valence-corrected chi connectivity index (χ3v) is 4.81. The van der Waals surface area contributed by atoms with Gasteiger partial charge >= 0.3 is 12.0 Å². The van der Waals surface area contributed by atoms with E-state index in [-0.39, 0.29) is 18.1 Å². The lowest BCUT2D eigenvalue weighted by atomic mass is 10.0. The summed E-state index contributed by atoms with van der Waals surface area (Å²) in [5.74, 6) is 2.03. The number of anilines is 1. The van der Waals surface area contributed by atoms with Crippen LogP contribution in [0.15, 0.2) is 18.2 Å². The second kappa shape index (κ2) is 10.1. The average Bonchev–Trinajstić information content (AvgIpc) is 2.75. The molecule has 1 aromatic heterocycles. The van der Waals surface area contributed by atoms with E-state index in [0.717, 1.165) is 44.0 Å². The van der Waals surface area contributed by atoms with Crippen LogP contribution in [0.2, 0.25) is 0 Å². The molecule has 1 N–H and O–H groups in total. The molecule has 9 nitrogen and oxygen atoms in total. The van der Waals surface area contributed by atoms with Gasteiger partial charge in [0.1, 0.15) is 0 Å². The molecular formula is C20H29N5O4. The minimum Gasteiger partial charge on any atom is -0.493 e. The highest BCUT2D eigenvalue weighted by molar-refractivity contribution is 5.43. The number of hydrogen-bond acceptors (Lipinski definition) is 9. The predicted molar refractivity (Wildman–Crippen MR) is 109 cm³/mol. The Morgan fingerprint density at radius 1 is 0.966 bits per heavy atom. The van der Waals surface area contributed by atoms with Crippen LogP contribution in [0.3, 0.4) is 0 Å². The summed E-state index contributed by atoms with van der Waals surface area (Å²) in [6.07, 6.45) is 1.98. The van der Waals surface area contributed by atoms with Gasteiger partial charge < -0.3 is 24.3 Å². The molecule has 0 saturated carbocycles. The van der Waals surface area contributed by atoms with Crippen molar-refractivity contribution in [3.8, 4) is 23.5 Å². The number of hydrogen-bond donors (Lipinski definition) is 1. The van der Waals surface area contributed by atoms with Crippen LogP contribution in [0.25, 0.3) is 0 Å². The van der Waals surface area contributed by atoms with Crippen molar-refractivity contribution in [3.05, 3.63) is 23.8 Å². The summed E-state index contributed by atoms with van der Waals surface area (Å²) >= 11 is 0. The van der Waals surface area contributed by atoms with Crippen LogP contribution in [0.5, 0.6) is 23.5 Å². The van der Waals surface area contributed by atoms with Gasteiger partial charge in [0.05, 0.1) is 27.9 Å². The zero-order valence-electron chi connectivity index (χ0n) is 17.5. The molecule has 2 heterocycles. The normalized spacial score (nSPS) is 15.0. The molecule has 0 atom stereocenters. The summed E-state index contributed by atoms with van der Waals surface area (Å²) in [6.45, 7) is 5.43. The predicted octanol–water partition coefficient (Wildman–Crippen LogP) is 2.37. The van der Waals surface area contributed by atoms with E-state index in [4.69, 9.17) is 18.9 Å². The minimum absolute atomic E-state index is 0.237. The highest BCUT2D eigenvalue weighted by Crippen LogP contribution is 2.29. The van der Waals surface area contributed by atoms with Gasteiger partial charge in [-0.25, -0.2) is 0 Å². The second-order valence-corrected chi connectivity index (χ2v) is 6.75. The van der Waals surface area contributed by atoms with Crippen molar-refractivity contribution in [2.24, 2.45) is 0 Å². The quantitative estimate of drug-likeness (QED) is 0.677. The number of aromatic nitrogens is 3. The van der Waals surface area contributed by atoms with Crippen molar-refractivity contribution < 1.29 is 18.9 Å². The number of nitrogens with zero attached hydrogens (tertiary/aromatic N) is 4. The van der Waals surface area contributed by atoms with Crippen molar-refractivity contribution in [3.63, 3.8) is 0 Å². The molecule has 1 aliphatic rings. The van der Waals surface area contributed by atoms with Gasteiger partial charge in [-0.2, -0.15) is 9.97 Å². The Morgan fingerprint density at radius 2 is 1.66 bits per heavy atom. The highest BCUT2D eigenvalue weighted by atomic mass is 16.5. The van der Waals surface area contributed by atoms with Gasteiger partial charge in [-0.3, -0.25) is 4.90 Å². The van der Waals surface area contributed by atoms with Gasteiger partial charge in [0.2, 0.25) is 5.95 Å². The fourth-order valence-corrected chi connectivity index (χ4v) is 3.35. The molecule has 1 aromatic carbocycles. The van der Waals surface area contributed by atoms with E-state index in [0.29, 0.717) is 12.6 Å². The van der Waals surface area contributed by atoms with E-state index in [1.807, 2.05) is 13.0 Å². The topological polar surface area (TPSA) is 90.9 Å². The Kier molecular flexibility index (Phi) is 7.29. The Hall–Kier alpha value is -2.81. The molecule has 0 bridgehead atoms. The molecule has 1 aliphatic heterocycles. The average molecular weight is 403 g/mol. The van der Waals surface area contributed by atoms with Crippen LogP contribution in [0.4, 0.5) is 5.95 Å². The first-order valence-corrected chi connectivity index (χ1v) is 9.77. The van der Waals surface area contributed by atoms with Crippen molar-refractivity contribution in [1.29, 1.82) is 0 Å². The summed E-state index contributed by atoms with van der Waals surface area (Å²) < 4.78 is 21.3. The van der Waals surface area contributed by atoms with Gasteiger partial charge in [-0.15, -0.1) is 4.98 Å². The highest BCUT2D eigenvalue weighted by Gasteiger charge is 2.21. The fourth-order valence-electron chi connectivity index (χ4n) is 3.35. The van der Waals surface area contributed by atoms with Crippen LogP contribution in [0.1, 0.15) is 25.3 Å². The van der Waals surface area contributed by atoms with Gasteiger partial charge in [-0.05, 0) is 37.5 Å².